The summed E-state index contributed by atoms with van der Waals surface area (Å²) < 4.78 is 6.52. The van der Waals surface area contributed by atoms with Gasteiger partial charge in [-0.3, -0.25) is 9.36 Å². The highest BCUT2D eigenvalue weighted by molar-refractivity contribution is 8.00. The second-order valence-electron chi connectivity index (χ2n) is 6.86. The van der Waals surface area contributed by atoms with Crippen molar-refractivity contribution in [2.24, 2.45) is 5.73 Å². The van der Waals surface area contributed by atoms with Crippen LogP contribution in [0.15, 0.2) is 12.7 Å². The van der Waals surface area contributed by atoms with Crippen molar-refractivity contribution in [2.45, 2.75) is 49.2 Å². The second-order valence-corrected chi connectivity index (χ2v) is 8.53. The molecule has 1 saturated heterocycles. The number of nitrogen functional groups attached to an aromatic ring is 1. The third-order valence-electron chi connectivity index (χ3n) is 4.63. The predicted octanol–water partition coefficient (Wildman–Crippen LogP) is -1.05. The number of carboxylic acid groups (broad SMARTS) is 1. The first-order valence-electron chi connectivity index (χ1n) is 8.20. The van der Waals surface area contributed by atoms with Crippen LogP contribution in [-0.2, 0) is 9.53 Å². The van der Waals surface area contributed by atoms with E-state index in [4.69, 9.17) is 21.3 Å². The molecule has 11 nitrogen and oxygen atoms in total. The Labute approximate surface area is 158 Å². The van der Waals surface area contributed by atoms with E-state index in [0.717, 1.165) is 0 Å². The van der Waals surface area contributed by atoms with Crippen molar-refractivity contribution in [1.82, 2.24) is 19.5 Å². The van der Waals surface area contributed by atoms with Gasteiger partial charge >= 0.3 is 5.97 Å². The number of nitrogens with two attached hydrogens (primary N) is 2. The first-order chi connectivity index (χ1) is 12.6. The van der Waals surface area contributed by atoms with Gasteiger partial charge in [-0.15, -0.1) is 0 Å². The molecule has 1 aliphatic rings. The van der Waals surface area contributed by atoms with E-state index in [-0.39, 0.29) is 11.6 Å². The van der Waals surface area contributed by atoms with Gasteiger partial charge in [-0.05, 0) is 13.8 Å². The first-order valence-corrected chi connectivity index (χ1v) is 9.19. The lowest BCUT2D eigenvalue weighted by molar-refractivity contribution is -0.139. The van der Waals surface area contributed by atoms with Crippen LogP contribution < -0.4 is 11.5 Å². The van der Waals surface area contributed by atoms with Crippen LogP contribution in [0.25, 0.3) is 11.2 Å². The van der Waals surface area contributed by atoms with Gasteiger partial charge in [0.25, 0.3) is 0 Å². The fourth-order valence-corrected chi connectivity index (χ4v) is 3.99. The van der Waals surface area contributed by atoms with Crippen molar-refractivity contribution >= 4 is 34.7 Å². The maximum Gasteiger partial charge on any atom is 0.321 e. The Hall–Kier alpha value is -1.99. The van der Waals surface area contributed by atoms with Crippen LogP contribution in [0.1, 0.15) is 20.1 Å². The number of nitrogens with zero attached hydrogens (tertiary/aromatic N) is 4. The molecule has 5 atom stereocenters. The highest BCUT2D eigenvalue weighted by Gasteiger charge is 2.45. The SMILES string of the molecule is CC(C)(SC[C@H]1O[C@@H](n2cnc3c(N)ncnc32)[C@H](O)[C@@H]1O)C(N)C(=O)O. The smallest absolute Gasteiger partial charge is 0.321 e. The Morgan fingerprint density at radius 3 is 2.74 bits per heavy atom. The number of carbonyl (C=O) groups is 1. The normalized spacial score (nSPS) is 27.1. The number of aliphatic hydroxyl groups is 2. The molecule has 148 valence electrons. The van der Waals surface area contributed by atoms with Gasteiger partial charge in [0.1, 0.15) is 30.1 Å². The summed E-state index contributed by atoms with van der Waals surface area (Å²) in [5, 5.41) is 29.9. The van der Waals surface area contributed by atoms with Gasteiger partial charge in [-0.2, -0.15) is 11.8 Å². The van der Waals surface area contributed by atoms with Crippen molar-refractivity contribution in [2.75, 3.05) is 11.5 Å². The van der Waals surface area contributed by atoms with Crippen molar-refractivity contribution in [3.63, 3.8) is 0 Å². The quantitative estimate of drug-likeness (QED) is 0.400. The zero-order valence-corrected chi connectivity index (χ0v) is 15.6. The maximum atomic E-state index is 11.1. The Kier molecular flexibility index (Phi) is 5.27. The molecule has 12 heteroatoms. The van der Waals surface area contributed by atoms with E-state index in [1.165, 1.54) is 29.0 Å². The van der Waals surface area contributed by atoms with E-state index < -0.39 is 41.3 Å². The fraction of sp³-hybridized carbons (Fsp3) is 0.600. The summed E-state index contributed by atoms with van der Waals surface area (Å²) in [5.74, 6) is -0.671. The average Bonchev–Trinajstić information content (AvgIpc) is 3.16. The third kappa shape index (κ3) is 3.58. The van der Waals surface area contributed by atoms with E-state index in [1.807, 2.05) is 0 Å². The molecule has 2 aromatic rings. The summed E-state index contributed by atoms with van der Waals surface area (Å²) in [5.41, 5.74) is 12.2. The number of aliphatic hydroxyl groups excluding tert-OH is 2. The number of anilines is 1. The fourth-order valence-electron chi connectivity index (χ4n) is 2.84. The molecular formula is C15H22N6O5S. The number of thioether (sulfide) groups is 1. The zero-order chi connectivity index (χ0) is 19.9. The molecule has 0 spiro atoms. The van der Waals surface area contributed by atoms with E-state index in [0.29, 0.717) is 11.2 Å². The average molecular weight is 398 g/mol. The minimum atomic E-state index is -1.22. The molecule has 0 aromatic carbocycles. The number of hydrogen-bond donors (Lipinski definition) is 5. The molecule has 27 heavy (non-hydrogen) atoms. The molecule has 0 bridgehead atoms. The topological polar surface area (TPSA) is 183 Å². The molecule has 1 fully saturated rings. The van der Waals surface area contributed by atoms with Crippen LogP contribution in [0, 0.1) is 0 Å². The summed E-state index contributed by atoms with van der Waals surface area (Å²) >= 11 is 1.25. The van der Waals surface area contributed by atoms with Crippen molar-refractivity contribution in [1.29, 1.82) is 0 Å². The molecule has 1 aliphatic heterocycles. The molecule has 1 unspecified atom stereocenters. The molecule has 2 aromatic heterocycles. The number of ether oxygens (including phenoxy) is 1. The maximum absolute atomic E-state index is 11.1. The summed E-state index contributed by atoms with van der Waals surface area (Å²) in [6.45, 7) is 3.41. The lowest BCUT2D eigenvalue weighted by atomic mass is 10.1. The minimum absolute atomic E-state index is 0.197. The summed E-state index contributed by atoms with van der Waals surface area (Å²) in [7, 11) is 0. The van der Waals surface area contributed by atoms with Gasteiger partial charge in [0.05, 0.1) is 12.4 Å². The number of aliphatic carboxylic acids is 1. The molecule has 0 aliphatic carbocycles. The standard InChI is InChI=1S/C15H22N6O5S/c1-15(2,10(16)14(24)25)27-3-6-8(22)9(23)13(26-6)21-5-20-7-11(17)18-4-19-12(7)21/h4-6,8-10,13,22-23H,3,16H2,1-2H3,(H,24,25)(H2,17,18,19)/t6-,8-,9-,10?,13-/m1/s1. The van der Waals surface area contributed by atoms with Gasteiger partial charge in [0.15, 0.2) is 17.7 Å². The van der Waals surface area contributed by atoms with E-state index in [2.05, 4.69) is 15.0 Å². The van der Waals surface area contributed by atoms with Crippen LogP contribution in [-0.4, -0.2) is 75.7 Å². The number of rotatable bonds is 6. The number of imidazole rings is 1. The monoisotopic (exact) mass is 398 g/mol. The van der Waals surface area contributed by atoms with Crippen molar-refractivity contribution < 1.29 is 24.9 Å². The van der Waals surface area contributed by atoms with Crippen LogP contribution in [0.4, 0.5) is 5.82 Å². The number of fused-ring (bicyclic) bond motifs is 1. The van der Waals surface area contributed by atoms with Gasteiger partial charge in [0, 0.05) is 10.5 Å². The molecular weight excluding hydrogens is 376 g/mol. The Morgan fingerprint density at radius 1 is 1.37 bits per heavy atom. The Bertz CT molecular complexity index is 845. The first kappa shape index (κ1) is 19.8. The van der Waals surface area contributed by atoms with Gasteiger partial charge in [0.2, 0.25) is 0 Å². The van der Waals surface area contributed by atoms with Crippen molar-refractivity contribution in [3.05, 3.63) is 12.7 Å². The number of hydrogen-bond acceptors (Lipinski definition) is 10. The largest absolute Gasteiger partial charge is 0.480 e. The Balaban J connectivity index is 1.76. The molecule has 0 saturated carbocycles. The molecule has 0 amide bonds. The number of carboxylic acids is 1. The molecule has 3 heterocycles. The van der Waals surface area contributed by atoms with Gasteiger partial charge in [-0.1, -0.05) is 0 Å². The second kappa shape index (κ2) is 7.20. The predicted molar refractivity (Wildman–Crippen MR) is 97.8 cm³/mol. The Morgan fingerprint density at radius 2 is 2.07 bits per heavy atom. The molecule has 3 rings (SSSR count). The highest BCUT2D eigenvalue weighted by atomic mass is 32.2. The zero-order valence-electron chi connectivity index (χ0n) is 14.8. The van der Waals surface area contributed by atoms with Crippen molar-refractivity contribution in [3.8, 4) is 0 Å². The van der Waals surface area contributed by atoms with Crippen LogP contribution >= 0.6 is 11.8 Å². The summed E-state index contributed by atoms with van der Waals surface area (Å²) in [6.07, 6.45) is -1.35. The lowest BCUT2D eigenvalue weighted by Gasteiger charge is -2.29. The minimum Gasteiger partial charge on any atom is -0.480 e. The lowest BCUT2D eigenvalue weighted by Crippen LogP contribution is -2.47. The summed E-state index contributed by atoms with van der Waals surface area (Å²) in [4.78, 5) is 23.2. The van der Waals surface area contributed by atoms with Crippen LogP contribution in [0.2, 0.25) is 0 Å². The van der Waals surface area contributed by atoms with E-state index in [1.54, 1.807) is 13.8 Å². The molecule has 7 N–H and O–H groups in total. The molecule has 0 radical (unpaired) electrons. The number of aromatic nitrogens is 4. The van der Waals surface area contributed by atoms with E-state index >= 15 is 0 Å². The highest BCUT2D eigenvalue weighted by Crippen LogP contribution is 2.36. The summed E-state index contributed by atoms with van der Waals surface area (Å²) in [6, 6.07) is -1.08. The van der Waals surface area contributed by atoms with Gasteiger partial charge in [-0.25, -0.2) is 15.0 Å². The van der Waals surface area contributed by atoms with Crippen LogP contribution in [0.3, 0.4) is 0 Å². The van der Waals surface area contributed by atoms with E-state index in [9.17, 15) is 15.0 Å². The third-order valence-corrected chi connectivity index (χ3v) is 6.13. The van der Waals surface area contributed by atoms with Gasteiger partial charge < -0.3 is 31.5 Å². The van der Waals surface area contributed by atoms with Crippen LogP contribution in [0.5, 0.6) is 0 Å².